The maximum absolute atomic E-state index is 12.5. The number of rotatable bonds is 3. The maximum Gasteiger partial charge on any atom is 0.435 e. The summed E-state index contributed by atoms with van der Waals surface area (Å²) in [7, 11) is 0. The predicted molar refractivity (Wildman–Crippen MR) is 83.8 cm³/mol. The molecule has 0 atom stereocenters. The first kappa shape index (κ1) is 17.5. The summed E-state index contributed by atoms with van der Waals surface area (Å²) < 4.78 is 43.6. The van der Waals surface area contributed by atoms with Gasteiger partial charge < -0.3 is 4.42 Å². The quantitative estimate of drug-likeness (QED) is 0.697. The number of aryl methyl sites for hydroxylation is 1. The van der Waals surface area contributed by atoms with E-state index in [1.807, 2.05) is 0 Å². The minimum absolute atomic E-state index is 0.0324. The van der Waals surface area contributed by atoms with Gasteiger partial charge in [0.1, 0.15) is 12.1 Å². The highest BCUT2D eigenvalue weighted by molar-refractivity contribution is 5.99. The predicted octanol–water partition coefficient (Wildman–Crippen LogP) is 2.42. The lowest BCUT2D eigenvalue weighted by molar-refractivity contribution is -0.141. The Hall–Kier alpha value is -3.30. The van der Waals surface area contributed by atoms with Crippen molar-refractivity contribution in [2.45, 2.75) is 19.6 Å². The van der Waals surface area contributed by atoms with Gasteiger partial charge in [0.25, 0.3) is 5.91 Å². The zero-order valence-electron chi connectivity index (χ0n) is 13.4. The summed E-state index contributed by atoms with van der Waals surface area (Å²) in [5.41, 5.74) is 4.30. The van der Waals surface area contributed by atoms with E-state index in [0.29, 0.717) is 11.1 Å². The van der Waals surface area contributed by atoms with Crippen molar-refractivity contribution in [3.8, 4) is 0 Å². The molecule has 0 aliphatic carbocycles. The first-order chi connectivity index (χ1) is 12.3. The van der Waals surface area contributed by atoms with Crippen LogP contribution in [0.25, 0.3) is 11.0 Å². The normalized spacial score (nSPS) is 11.5. The Bertz CT molecular complexity index is 975. The summed E-state index contributed by atoms with van der Waals surface area (Å²) in [4.78, 5) is 23.9. The third-order valence-corrected chi connectivity index (χ3v) is 3.60. The summed E-state index contributed by atoms with van der Waals surface area (Å²) in [5, 5.41) is 4.01. The molecular formula is C16H13F3N4O3. The molecule has 0 saturated carbocycles. The Morgan fingerprint density at radius 3 is 2.58 bits per heavy atom. The molecular weight excluding hydrogens is 353 g/mol. The van der Waals surface area contributed by atoms with Gasteiger partial charge in [0.15, 0.2) is 11.5 Å². The Morgan fingerprint density at radius 1 is 1.19 bits per heavy atom. The molecule has 2 aromatic heterocycles. The molecule has 2 heterocycles. The molecule has 2 amide bonds. The Kier molecular flexibility index (Phi) is 4.41. The summed E-state index contributed by atoms with van der Waals surface area (Å²) in [5.74, 6) is -1.39. The fourth-order valence-electron chi connectivity index (χ4n) is 2.36. The third kappa shape index (κ3) is 3.53. The molecule has 0 spiro atoms. The van der Waals surface area contributed by atoms with Gasteiger partial charge in [0.05, 0.1) is 0 Å². The third-order valence-electron chi connectivity index (χ3n) is 3.60. The number of halogens is 3. The van der Waals surface area contributed by atoms with Crippen LogP contribution in [0.5, 0.6) is 0 Å². The molecule has 7 nitrogen and oxygen atoms in total. The van der Waals surface area contributed by atoms with Crippen LogP contribution in [0.2, 0.25) is 0 Å². The van der Waals surface area contributed by atoms with Crippen molar-refractivity contribution in [1.82, 2.24) is 20.6 Å². The molecule has 0 bridgehead atoms. The Balaban J connectivity index is 1.61. The first-order valence-electron chi connectivity index (χ1n) is 7.43. The Morgan fingerprint density at radius 2 is 1.92 bits per heavy atom. The summed E-state index contributed by atoms with van der Waals surface area (Å²) in [6.07, 6.45) is -3.57. The number of carbonyl (C=O) groups is 2. The van der Waals surface area contributed by atoms with Gasteiger partial charge in [0.2, 0.25) is 0 Å². The molecule has 0 unspecified atom stereocenters. The molecule has 1 aromatic carbocycles. The summed E-state index contributed by atoms with van der Waals surface area (Å²) in [6, 6.07) is 7.80. The number of amides is 2. The number of nitrogens with one attached hydrogen (secondary N) is 2. The molecule has 0 saturated heterocycles. The molecule has 0 aliphatic heterocycles. The molecule has 10 heteroatoms. The average Bonchev–Trinajstić information content (AvgIpc) is 3.18. The van der Waals surface area contributed by atoms with E-state index in [9.17, 15) is 22.8 Å². The van der Waals surface area contributed by atoms with E-state index >= 15 is 0 Å². The van der Waals surface area contributed by atoms with Crippen LogP contribution in [0.4, 0.5) is 13.2 Å². The van der Waals surface area contributed by atoms with Crippen molar-refractivity contribution in [3.63, 3.8) is 0 Å². The molecule has 0 aliphatic rings. The van der Waals surface area contributed by atoms with E-state index in [-0.39, 0.29) is 5.76 Å². The van der Waals surface area contributed by atoms with Gasteiger partial charge in [-0.05, 0) is 19.1 Å². The number of hydrogen-bond donors (Lipinski definition) is 2. The summed E-state index contributed by atoms with van der Waals surface area (Å²) >= 11 is 0. The molecule has 0 fully saturated rings. The maximum atomic E-state index is 12.5. The van der Waals surface area contributed by atoms with E-state index in [0.717, 1.165) is 22.3 Å². The monoisotopic (exact) mass is 366 g/mol. The van der Waals surface area contributed by atoms with Crippen LogP contribution >= 0.6 is 0 Å². The van der Waals surface area contributed by atoms with Gasteiger partial charge in [0, 0.05) is 17.1 Å². The van der Waals surface area contributed by atoms with Gasteiger partial charge in [-0.15, -0.1) is 0 Å². The number of para-hydroxylation sites is 1. The SMILES string of the molecule is Cc1c(C(=O)NNC(=O)Cn2ccc(C(F)(F)F)n2)oc2ccccc12. The van der Waals surface area contributed by atoms with Gasteiger partial charge in [-0.25, -0.2) is 0 Å². The van der Waals surface area contributed by atoms with E-state index in [1.54, 1.807) is 31.2 Å². The second kappa shape index (κ2) is 6.54. The molecule has 3 rings (SSSR count). The lowest BCUT2D eigenvalue weighted by Crippen LogP contribution is -2.43. The fraction of sp³-hybridized carbons (Fsp3) is 0.188. The van der Waals surface area contributed by atoms with Crippen molar-refractivity contribution in [3.05, 3.63) is 53.5 Å². The minimum Gasteiger partial charge on any atom is -0.451 e. The van der Waals surface area contributed by atoms with E-state index in [1.165, 1.54) is 0 Å². The largest absolute Gasteiger partial charge is 0.451 e. The second-order valence-electron chi connectivity index (χ2n) is 5.45. The number of alkyl halides is 3. The van der Waals surface area contributed by atoms with Crippen LogP contribution in [0, 0.1) is 6.92 Å². The van der Waals surface area contributed by atoms with E-state index in [4.69, 9.17) is 4.42 Å². The van der Waals surface area contributed by atoms with Gasteiger partial charge in [-0.3, -0.25) is 25.1 Å². The van der Waals surface area contributed by atoms with Crippen molar-refractivity contribution < 1.29 is 27.2 Å². The second-order valence-corrected chi connectivity index (χ2v) is 5.45. The van der Waals surface area contributed by atoms with Crippen LogP contribution in [0.3, 0.4) is 0 Å². The van der Waals surface area contributed by atoms with E-state index in [2.05, 4.69) is 16.0 Å². The number of nitrogens with zero attached hydrogens (tertiary/aromatic N) is 2. The number of hydrazine groups is 1. The van der Waals surface area contributed by atoms with Crippen LogP contribution in [0.15, 0.2) is 40.9 Å². The van der Waals surface area contributed by atoms with Gasteiger partial charge in [-0.2, -0.15) is 18.3 Å². The van der Waals surface area contributed by atoms with Crippen molar-refractivity contribution in [1.29, 1.82) is 0 Å². The number of carbonyl (C=O) groups excluding carboxylic acids is 2. The number of hydrogen-bond acceptors (Lipinski definition) is 4. The summed E-state index contributed by atoms with van der Waals surface area (Å²) in [6.45, 7) is 1.21. The lowest BCUT2D eigenvalue weighted by atomic mass is 10.1. The average molecular weight is 366 g/mol. The smallest absolute Gasteiger partial charge is 0.435 e. The zero-order chi connectivity index (χ0) is 18.9. The zero-order valence-corrected chi connectivity index (χ0v) is 13.4. The molecule has 3 aromatic rings. The van der Waals surface area contributed by atoms with Crippen molar-refractivity contribution in [2.24, 2.45) is 0 Å². The van der Waals surface area contributed by atoms with Crippen molar-refractivity contribution in [2.75, 3.05) is 0 Å². The molecule has 26 heavy (non-hydrogen) atoms. The molecule has 0 radical (unpaired) electrons. The highest BCUT2D eigenvalue weighted by atomic mass is 19.4. The van der Waals surface area contributed by atoms with Crippen LogP contribution in [-0.2, 0) is 17.5 Å². The number of benzene rings is 1. The number of aromatic nitrogens is 2. The van der Waals surface area contributed by atoms with Crippen LogP contribution in [-0.4, -0.2) is 21.6 Å². The highest BCUT2D eigenvalue weighted by Crippen LogP contribution is 2.27. The van der Waals surface area contributed by atoms with Crippen LogP contribution in [0.1, 0.15) is 21.8 Å². The van der Waals surface area contributed by atoms with E-state index < -0.39 is 30.2 Å². The minimum atomic E-state index is -4.59. The number of fused-ring (bicyclic) bond motifs is 1. The highest BCUT2D eigenvalue weighted by Gasteiger charge is 2.33. The fourth-order valence-corrected chi connectivity index (χ4v) is 2.36. The first-order valence-corrected chi connectivity index (χ1v) is 7.43. The van der Waals surface area contributed by atoms with Gasteiger partial charge in [-0.1, -0.05) is 18.2 Å². The van der Waals surface area contributed by atoms with Gasteiger partial charge >= 0.3 is 12.1 Å². The van der Waals surface area contributed by atoms with Crippen LogP contribution < -0.4 is 10.9 Å². The number of furan rings is 1. The topological polar surface area (TPSA) is 89.2 Å². The van der Waals surface area contributed by atoms with Crippen molar-refractivity contribution >= 4 is 22.8 Å². The standard InChI is InChI=1S/C16H13F3N4O3/c1-9-10-4-2-3-5-11(10)26-14(9)15(25)21-20-13(24)8-23-7-6-12(22-23)16(17,18)19/h2-7H,8H2,1H3,(H,20,24)(H,21,25). The Labute approximate surface area is 144 Å². The molecule has 136 valence electrons. The molecule has 2 N–H and O–H groups in total. The lowest BCUT2D eigenvalue weighted by Gasteiger charge is -2.07.